The molecule has 2 heterocycles. The number of nitrogens with two attached hydrogens (primary N) is 1. The number of benzene rings is 1. The molecule has 1 aliphatic carbocycles. The zero-order chi connectivity index (χ0) is 28.3. The van der Waals surface area contributed by atoms with Crippen molar-refractivity contribution in [3.63, 3.8) is 0 Å². The molecule has 39 heavy (non-hydrogen) atoms. The van der Waals surface area contributed by atoms with Gasteiger partial charge >= 0.3 is 6.09 Å². The second-order valence-electron chi connectivity index (χ2n) is 9.97. The molecule has 0 saturated heterocycles. The highest BCUT2D eigenvalue weighted by molar-refractivity contribution is 6.03. The zero-order valence-corrected chi connectivity index (χ0v) is 21.8. The van der Waals surface area contributed by atoms with Crippen molar-refractivity contribution >= 4 is 17.7 Å². The molecule has 8 nitrogen and oxygen atoms in total. The highest BCUT2D eigenvalue weighted by Gasteiger charge is 2.36. The fraction of sp³-hybridized carbons (Fsp3) is 0.357. The number of alkyl carbamates (subject to hydrolysis) is 1. The van der Waals surface area contributed by atoms with E-state index in [1.807, 2.05) is 6.92 Å². The molecule has 1 aromatic carbocycles. The van der Waals surface area contributed by atoms with Gasteiger partial charge in [-0.25, -0.2) is 22.9 Å². The molecule has 4 rings (SSSR count). The minimum Gasteiger partial charge on any atom is -0.447 e. The van der Waals surface area contributed by atoms with Crippen molar-refractivity contribution in [2.75, 3.05) is 5.32 Å². The van der Waals surface area contributed by atoms with Gasteiger partial charge in [-0.15, -0.1) is 0 Å². The van der Waals surface area contributed by atoms with Gasteiger partial charge in [0.2, 0.25) is 0 Å². The number of rotatable bonds is 6. The van der Waals surface area contributed by atoms with Crippen LogP contribution >= 0.6 is 0 Å². The fourth-order valence-electron chi connectivity index (χ4n) is 5.00. The van der Waals surface area contributed by atoms with E-state index in [2.05, 4.69) is 20.6 Å². The number of halogens is 3. The molecular formula is C28H30F3N5O3. The van der Waals surface area contributed by atoms with Gasteiger partial charge in [0.15, 0.2) is 0 Å². The Labute approximate surface area is 224 Å². The van der Waals surface area contributed by atoms with Gasteiger partial charge in [-0.05, 0) is 74.4 Å². The highest BCUT2D eigenvalue weighted by Crippen LogP contribution is 2.39. The van der Waals surface area contributed by atoms with Crippen LogP contribution in [-0.4, -0.2) is 40.2 Å². The minimum atomic E-state index is -0.999. The number of ether oxygens (including phenoxy) is 1. The van der Waals surface area contributed by atoms with Crippen LogP contribution < -0.4 is 16.4 Å². The molecule has 4 unspecified atom stereocenters. The first-order chi connectivity index (χ1) is 18.5. The lowest BCUT2D eigenvalue weighted by atomic mass is 9.73. The Morgan fingerprint density at radius 3 is 2.44 bits per heavy atom. The van der Waals surface area contributed by atoms with E-state index in [1.165, 1.54) is 6.20 Å². The third-order valence-electron chi connectivity index (χ3n) is 6.74. The van der Waals surface area contributed by atoms with Gasteiger partial charge in [0.1, 0.15) is 28.8 Å². The summed E-state index contributed by atoms with van der Waals surface area (Å²) in [6.45, 7) is 5.51. The maximum absolute atomic E-state index is 14.5. The van der Waals surface area contributed by atoms with Crippen LogP contribution in [0.25, 0.3) is 11.3 Å². The standard InChI is InChI=1S/C28H30F3N5O3/c1-14(2)39-28(38)36-25-15(3)11-16(12-21(25)32)17-9-10-33-13-23(17)35-27(37)22-8-7-20(31)26(34-22)24-18(29)5-4-6-19(24)30/h4-10,13-16,21,25H,11-12,32H2,1-3H3,(H,35,37)(H,36,38). The third kappa shape index (κ3) is 6.36. The summed E-state index contributed by atoms with van der Waals surface area (Å²) in [5.41, 5.74) is 6.15. The Bertz CT molecular complexity index is 1340. The van der Waals surface area contributed by atoms with E-state index in [-0.39, 0.29) is 35.7 Å². The monoisotopic (exact) mass is 541 g/mol. The van der Waals surface area contributed by atoms with Crippen LogP contribution in [0, 0.1) is 23.4 Å². The number of amides is 2. The van der Waals surface area contributed by atoms with Crippen LogP contribution in [0.3, 0.4) is 0 Å². The number of pyridine rings is 2. The second-order valence-corrected chi connectivity index (χ2v) is 9.97. The molecule has 0 aliphatic heterocycles. The summed E-state index contributed by atoms with van der Waals surface area (Å²) in [5.74, 6) is -3.72. The highest BCUT2D eigenvalue weighted by atomic mass is 19.1. The van der Waals surface area contributed by atoms with Crippen LogP contribution in [-0.2, 0) is 4.74 Å². The summed E-state index contributed by atoms with van der Waals surface area (Å²) in [6, 6.07) is 6.31. The van der Waals surface area contributed by atoms with Crippen molar-refractivity contribution in [3.05, 3.63) is 77.5 Å². The molecule has 0 bridgehead atoms. The van der Waals surface area contributed by atoms with Crippen molar-refractivity contribution < 1.29 is 27.5 Å². The molecule has 206 valence electrons. The molecule has 0 radical (unpaired) electrons. The summed E-state index contributed by atoms with van der Waals surface area (Å²) in [4.78, 5) is 33.3. The summed E-state index contributed by atoms with van der Waals surface area (Å²) >= 11 is 0. The zero-order valence-electron chi connectivity index (χ0n) is 21.8. The van der Waals surface area contributed by atoms with E-state index < -0.39 is 40.7 Å². The van der Waals surface area contributed by atoms with Crippen LogP contribution in [0.4, 0.5) is 23.7 Å². The van der Waals surface area contributed by atoms with Gasteiger partial charge in [-0.2, -0.15) is 0 Å². The normalized spacial score (nSPS) is 20.9. The number of nitrogens with zero attached hydrogens (tertiary/aromatic N) is 2. The predicted molar refractivity (Wildman–Crippen MR) is 139 cm³/mol. The van der Waals surface area contributed by atoms with Crippen LogP contribution in [0.1, 0.15) is 55.6 Å². The van der Waals surface area contributed by atoms with Crippen LogP contribution in [0.15, 0.2) is 48.8 Å². The van der Waals surface area contributed by atoms with E-state index in [1.54, 1.807) is 26.1 Å². The first-order valence-corrected chi connectivity index (χ1v) is 12.6. The lowest BCUT2D eigenvalue weighted by molar-refractivity contribution is 0.101. The van der Waals surface area contributed by atoms with E-state index in [0.29, 0.717) is 18.5 Å². The topological polar surface area (TPSA) is 119 Å². The SMILES string of the molecule is CC(C)OC(=O)NC1C(C)CC(c2ccncc2NC(=O)c2ccc(F)c(-c3c(F)cccc3F)n2)CC1N. The maximum atomic E-state index is 14.5. The molecule has 1 saturated carbocycles. The molecule has 2 aromatic heterocycles. The molecule has 2 amide bonds. The Morgan fingerprint density at radius 2 is 1.77 bits per heavy atom. The number of hydrogen-bond acceptors (Lipinski definition) is 6. The molecule has 4 N–H and O–H groups in total. The van der Waals surface area contributed by atoms with Crippen molar-refractivity contribution in [3.8, 4) is 11.3 Å². The number of carbonyl (C=O) groups excluding carboxylic acids is 2. The van der Waals surface area contributed by atoms with Gasteiger partial charge in [0.25, 0.3) is 5.91 Å². The van der Waals surface area contributed by atoms with E-state index in [4.69, 9.17) is 10.5 Å². The number of aromatic nitrogens is 2. The first-order valence-electron chi connectivity index (χ1n) is 12.6. The Kier molecular flexibility index (Phi) is 8.49. The summed E-state index contributed by atoms with van der Waals surface area (Å²) in [6.07, 6.45) is 3.49. The molecule has 1 fully saturated rings. The lowest BCUT2D eigenvalue weighted by Gasteiger charge is -2.39. The smallest absolute Gasteiger partial charge is 0.407 e. The molecular weight excluding hydrogens is 511 g/mol. The van der Waals surface area contributed by atoms with Gasteiger partial charge < -0.3 is 21.1 Å². The van der Waals surface area contributed by atoms with E-state index in [0.717, 1.165) is 35.9 Å². The third-order valence-corrected chi connectivity index (χ3v) is 6.74. The van der Waals surface area contributed by atoms with Crippen LogP contribution in [0.5, 0.6) is 0 Å². The molecule has 1 aliphatic rings. The van der Waals surface area contributed by atoms with Gasteiger partial charge in [0, 0.05) is 18.3 Å². The summed E-state index contributed by atoms with van der Waals surface area (Å²) < 4.78 is 48.2. The Balaban J connectivity index is 1.54. The van der Waals surface area contributed by atoms with Crippen molar-refractivity contribution in [1.82, 2.24) is 15.3 Å². The fourth-order valence-corrected chi connectivity index (χ4v) is 5.00. The number of carbonyl (C=O) groups is 2. The number of hydrogen-bond donors (Lipinski definition) is 3. The molecule has 4 atom stereocenters. The van der Waals surface area contributed by atoms with Gasteiger partial charge in [0.05, 0.1) is 23.6 Å². The van der Waals surface area contributed by atoms with Crippen molar-refractivity contribution in [2.24, 2.45) is 11.7 Å². The molecule has 0 spiro atoms. The van der Waals surface area contributed by atoms with Gasteiger partial charge in [-0.1, -0.05) is 13.0 Å². The van der Waals surface area contributed by atoms with Gasteiger partial charge in [-0.3, -0.25) is 9.78 Å². The van der Waals surface area contributed by atoms with E-state index in [9.17, 15) is 22.8 Å². The minimum absolute atomic E-state index is 0.00664. The lowest BCUT2D eigenvalue weighted by Crippen LogP contribution is -2.54. The Morgan fingerprint density at radius 1 is 1.05 bits per heavy atom. The Hall–Kier alpha value is -3.99. The predicted octanol–water partition coefficient (Wildman–Crippen LogP) is 5.16. The quantitative estimate of drug-likeness (QED) is 0.397. The van der Waals surface area contributed by atoms with E-state index >= 15 is 0 Å². The number of anilines is 1. The first kappa shape index (κ1) is 28.0. The largest absolute Gasteiger partial charge is 0.447 e. The van der Waals surface area contributed by atoms with Crippen LogP contribution in [0.2, 0.25) is 0 Å². The summed E-state index contributed by atoms with van der Waals surface area (Å²) in [7, 11) is 0. The molecule has 11 heteroatoms. The van der Waals surface area contributed by atoms with Crippen molar-refractivity contribution in [1.29, 1.82) is 0 Å². The summed E-state index contributed by atoms with van der Waals surface area (Å²) in [5, 5.41) is 5.60. The average Bonchev–Trinajstić information content (AvgIpc) is 2.87. The molecule has 3 aromatic rings. The second kappa shape index (κ2) is 11.8. The van der Waals surface area contributed by atoms with Crippen molar-refractivity contribution in [2.45, 2.75) is 57.7 Å². The average molecular weight is 542 g/mol. The number of nitrogens with one attached hydrogen (secondary N) is 2. The maximum Gasteiger partial charge on any atom is 0.407 e.